The van der Waals surface area contributed by atoms with E-state index in [9.17, 15) is 14.4 Å². The molecule has 2 unspecified atom stereocenters. The topological polar surface area (TPSA) is 87.3 Å². The Balaban J connectivity index is -0.00000138. The van der Waals surface area contributed by atoms with Gasteiger partial charge >= 0.3 is 0 Å². The predicted molar refractivity (Wildman–Crippen MR) is 203 cm³/mol. The van der Waals surface area contributed by atoms with E-state index in [-0.39, 0.29) is 23.6 Å². The molecule has 46 heavy (non-hydrogen) atoms. The van der Waals surface area contributed by atoms with Crippen LogP contribution in [0.1, 0.15) is 184 Å². The number of nitrogens with zero attached hydrogens (tertiary/aromatic N) is 1. The van der Waals surface area contributed by atoms with Crippen LogP contribution in [0.15, 0.2) is 0 Å². The van der Waals surface area contributed by atoms with E-state index in [1.165, 1.54) is 70.6 Å². The minimum absolute atomic E-state index is 0.00635. The number of likely N-dealkylation sites (N-methyl/N-ethyl adjacent to an activating group) is 1. The summed E-state index contributed by atoms with van der Waals surface area (Å²) < 4.78 is 0.899. The fourth-order valence-corrected chi connectivity index (χ4v) is 5.13. The van der Waals surface area contributed by atoms with Crippen molar-refractivity contribution in [1.29, 1.82) is 0 Å². The van der Waals surface area contributed by atoms with Gasteiger partial charge in [0.15, 0.2) is 0 Å². The average molecular weight is 658 g/mol. The van der Waals surface area contributed by atoms with Gasteiger partial charge in [0.05, 0.1) is 33.7 Å². The quantitative estimate of drug-likeness (QED) is 0.0578. The van der Waals surface area contributed by atoms with Crippen LogP contribution in [-0.4, -0.2) is 75.4 Å². The lowest BCUT2D eigenvalue weighted by Crippen LogP contribution is -2.47. The standard InChI is InChI=1S/C33H66N4O3.3C2H6/c1-7-8-9-10-11-12-13-14-15-16-17-18-19-26-32(39)36-31(25-21-23-28-37(4,5)6)33(40)35-27-22-20-24-30(34-3)29(2)38;3*1-2/h30-31,34H,7-28H2,1-6H3,(H-,35,36,39,40);3*1-2H3/p+1. The second-order valence-corrected chi connectivity index (χ2v) is 12.9. The lowest BCUT2D eigenvalue weighted by atomic mass is 10.0. The molecule has 0 aromatic rings. The van der Waals surface area contributed by atoms with Crippen LogP contribution in [0, 0.1) is 0 Å². The van der Waals surface area contributed by atoms with Gasteiger partial charge in [0.2, 0.25) is 11.8 Å². The molecular formula is C39H85N4O3+. The number of ketones is 1. The Morgan fingerprint density at radius 1 is 0.587 bits per heavy atom. The van der Waals surface area contributed by atoms with Crippen molar-refractivity contribution in [3.05, 3.63) is 0 Å². The number of amides is 2. The number of Topliss-reactive ketones (excluding diaryl/α,β-unsaturated/α-hetero) is 1. The SMILES string of the molecule is CC.CC.CC.CCCCCCCCCCCCCCCC(=O)NC(CCCC[N+](C)(C)C)C(=O)NCCCCC(NC)C(C)=O. The van der Waals surface area contributed by atoms with E-state index in [2.05, 4.69) is 44.0 Å². The van der Waals surface area contributed by atoms with E-state index in [1.807, 2.05) is 41.5 Å². The normalized spacial score (nSPS) is 11.8. The maximum atomic E-state index is 12.9. The number of rotatable bonds is 28. The van der Waals surface area contributed by atoms with E-state index in [0.29, 0.717) is 19.4 Å². The molecule has 0 rings (SSSR count). The fourth-order valence-electron chi connectivity index (χ4n) is 5.13. The molecule has 278 valence electrons. The summed E-state index contributed by atoms with van der Waals surface area (Å²) in [6, 6.07) is -0.585. The summed E-state index contributed by atoms with van der Waals surface area (Å²) in [5, 5.41) is 9.09. The first kappa shape index (κ1) is 51.4. The van der Waals surface area contributed by atoms with E-state index in [0.717, 1.165) is 56.0 Å². The van der Waals surface area contributed by atoms with Crippen molar-refractivity contribution in [2.45, 2.75) is 196 Å². The summed E-state index contributed by atoms with van der Waals surface area (Å²) in [5.41, 5.74) is 0. The Labute approximate surface area is 289 Å². The molecule has 0 radical (unpaired) electrons. The molecule has 7 heteroatoms. The summed E-state index contributed by atoms with van der Waals surface area (Å²) in [5.74, 6) is 0.0560. The van der Waals surface area contributed by atoms with Crippen LogP contribution in [0.5, 0.6) is 0 Å². The Kier molecular flexibility index (Phi) is 44.3. The van der Waals surface area contributed by atoms with Crippen LogP contribution in [0.2, 0.25) is 0 Å². The highest BCUT2D eigenvalue weighted by molar-refractivity contribution is 5.87. The summed E-state index contributed by atoms with van der Waals surface area (Å²) in [7, 11) is 8.32. The van der Waals surface area contributed by atoms with Gasteiger partial charge in [0, 0.05) is 13.0 Å². The number of unbranched alkanes of at least 4 members (excludes halogenated alkanes) is 14. The zero-order chi connectivity index (χ0) is 36.1. The number of hydrogen-bond acceptors (Lipinski definition) is 4. The molecule has 2 amide bonds. The van der Waals surface area contributed by atoms with Crippen molar-refractivity contribution in [3.8, 4) is 0 Å². The van der Waals surface area contributed by atoms with E-state index in [4.69, 9.17) is 0 Å². The maximum absolute atomic E-state index is 12.9. The van der Waals surface area contributed by atoms with Gasteiger partial charge in [-0.2, -0.15) is 0 Å². The summed E-state index contributed by atoms with van der Waals surface area (Å²) in [6.45, 7) is 17.5. The van der Waals surface area contributed by atoms with Gasteiger partial charge in [0.25, 0.3) is 0 Å². The van der Waals surface area contributed by atoms with Gasteiger partial charge in [0.1, 0.15) is 11.8 Å². The third-order valence-electron chi connectivity index (χ3n) is 7.79. The van der Waals surface area contributed by atoms with Crippen molar-refractivity contribution < 1.29 is 18.9 Å². The highest BCUT2D eigenvalue weighted by Crippen LogP contribution is 2.13. The van der Waals surface area contributed by atoms with Gasteiger partial charge in [-0.1, -0.05) is 126 Å². The van der Waals surface area contributed by atoms with Gasteiger partial charge in [-0.15, -0.1) is 0 Å². The van der Waals surface area contributed by atoms with Gasteiger partial charge in [-0.25, -0.2) is 0 Å². The van der Waals surface area contributed by atoms with Crippen LogP contribution in [0.4, 0.5) is 0 Å². The highest BCUT2D eigenvalue weighted by Gasteiger charge is 2.20. The van der Waals surface area contributed by atoms with Crippen LogP contribution >= 0.6 is 0 Å². The van der Waals surface area contributed by atoms with Gasteiger partial charge in [-0.3, -0.25) is 14.4 Å². The Morgan fingerprint density at radius 2 is 1.02 bits per heavy atom. The largest absolute Gasteiger partial charge is 0.354 e. The first-order chi connectivity index (χ1) is 22.1. The monoisotopic (exact) mass is 658 g/mol. The lowest BCUT2D eigenvalue weighted by molar-refractivity contribution is -0.870. The Bertz CT molecular complexity index is 650. The summed E-state index contributed by atoms with van der Waals surface area (Å²) >= 11 is 0. The molecule has 2 atom stereocenters. The molecule has 0 spiro atoms. The fraction of sp³-hybridized carbons (Fsp3) is 0.923. The molecule has 7 nitrogen and oxygen atoms in total. The highest BCUT2D eigenvalue weighted by atomic mass is 16.2. The minimum atomic E-state index is -0.468. The molecule has 0 saturated heterocycles. The Morgan fingerprint density at radius 3 is 1.46 bits per heavy atom. The molecule has 0 saturated carbocycles. The third-order valence-corrected chi connectivity index (χ3v) is 7.79. The van der Waals surface area contributed by atoms with Crippen molar-refractivity contribution in [2.24, 2.45) is 0 Å². The number of carbonyl (C=O) groups excluding carboxylic acids is 3. The van der Waals surface area contributed by atoms with Crippen molar-refractivity contribution in [1.82, 2.24) is 16.0 Å². The molecule has 0 aliphatic carbocycles. The van der Waals surface area contributed by atoms with Crippen molar-refractivity contribution in [2.75, 3.05) is 41.3 Å². The zero-order valence-electron chi connectivity index (χ0n) is 33.4. The second-order valence-electron chi connectivity index (χ2n) is 12.9. The third kappa shape index (κ3) is 38.7. The molecule has 0 aliphatic rings. The van der Waals surface area contributed by atoms with Crippen LogP contribution in [0.25, 0.3) is 0 Å². The van der Waals surface area contributed by atoms with Crippen LogP contribution in [-0.2, 0) is 14.4 Å². The molecule has 0 aromatic heterocycles. The summed E-state index contributed by atoms with van der Waals surface area (Å²) in [6.07, 6.45) is 22.3. The van der Waals surface area contributed by atoms with Crippen molar-refractivity contribution in [3.63, 3.8) is 0 Å². The van der Waals surface area contributed by atoms with E-state index >= 15 is 0 Å². The molecular weight excluding hydrogens is 572 g/mol. The first-order valence-corrected chi connectivity index (χ1v) is 19.7. The second kappa shape index (κ2) is 39.7. The number of nitrogens with one attached hydrogen (secondary N) is 3. The molecule has 0 aromatic carbocycles. The molecule has 0 heterocycles. The lowest BCUT2D eigenvalue weighted by Gasteiger charge is -2.24. The number of hydrogen-bond donors (Lipinski definition) is 3. The molecule has 3 N–H and O–H groups in total. The molecule has 0 fully saturated rings. The zero-order valence-corrected chi connectivity index (χ0v) is 33.4. The maximum Gasteiger partial charge on any atom is 0.242 e. The minimum Gasteiger partial charge on any atom is -0.354 e. The van der Waals surface area contributed by atoms with Crippen LogP contribution < -0.4 is 16.0 Å². The molecule has 0 aliphatic heterocycles. The Hall–Kier alpha value is -1.47. The van der Waals surface area contributed by atoms with E-state index < -0.39 is 6.04 Å². The van der Waals surface area contributed by atoms with Crippen molar-refractivity contribution >= 4 is 17.6 Å². The molecule has 0 bridgehead atoms. The van der Waals surface area contributed by atoms with Gasteiger partial charge < -0.3 is 20.4 Å². The number of carbonyl (C=O) groups is 3. The predicted octanol–water partition coefficient (Wildman–Crippen LogP) is 9.37. The van der Waals surface area contributed by atoms with Gasteiger partial charge in [-0.05, 0) is 58.9 Å². The van der Waals surface area contributed by atoms with Crippen LogP contribution in [0.3, 0.4) is 0 Å². The van der Waals surface area contributed by atoms with E-state index in [1.54, 1.807) is 14.0 Å². The smallest absolute Gasteiger partial charge is 0.242 e. The number of quaternary nitrogens is 1. The first-order valence-electron chi connectivity index (χ1n) is 19.7. The average Bonchev–Trinajstić information content (AvgIpc) is 3.04. The summed E-state index contributed by atoms with van der Waals surface area (Å²) in [4.78, 5) is 37.2.